The molecule has 7 nitrogen and oxygen atoms in total. The Morgan fingerprint density at radius 1 is 1.33 bits per heavy atom. The largest absolute Gasteiger partial charge is 0.480 e. The lowest BCUT2D eigenvalue weighted by Crippen LogP contribution is -2.52. The van der Waals surface area contributed by atoms with Crippen LogP contribution in [-0.4, -0.2) is 53.2 Å². The van der Waals surface area contributed by atoms with Gasteiger partial charge in [0.25, 0.3) is 0 Å². The van der Waals surface area contributed by atoms with Gasteiger partial charge in [-0.25, -0.2) is 9.59 Å². The Balaban J connectivity index is 2.67. The summed E-state index contributed by atoms with van der Waals surface area (Å²) in [5.74, 6) is -1.73. The van der Waals surface area contributed by atoms with Crippen molar-refractivity contribution in [1.29, 1.82) is 0 Å². The van der Waals surface area contributed by atoms with Crippen molar-refractivity contribution < 1.29 is 24.2 Å². The Hall–Kier alpha value is -1.79. The first-order valence-electron chi connectivity index (χ1n) is 7.36. The van der Waals surface area contributed by atoms with E-state index < -0.39 is 24.0 Å². The van der Waals surface area contributed by atoms with Crippen LogP contribution in [0.1, 0.15) is 40.0 Å². The summed E-state index contributed by atoms with van der Waals surface area (Å²) in [5, 5.41) is 11.7. The molecule has 1 fully saturated rings. The molecular weight excluding hydrogens is 276 g/mol. The quantitative estimate of drug-likeness (QED) is 0.657. The Morgan fingerprint density at radius 3 is 2.38 bits per heavy atom. The van der Waals surface area contributed by atoms with E-state index in [0.717, 1.165) is 12.8 Å². The highest BCUT2D eigenvalue weighted by Crippen LogP contribution is 2.27. The number of carboxylic acids is 1. The van der Waals surface area contributed by atoms with E-state index in [1.165, 1.54) is 4.90 Å². The normalized spacial score (nSPS) is 16.7. The fraction of sp³-hybridized carbons (Fsp3) is 0.786. The summed E-state index contributed by atoms with van der Waals surface area (Å²) in [6, 6.07) is -1.47. The molecule has 7 heteroatoms. The van der Waals surface area contributed by atoms with Crippen LogP contribution in [0.2, 0.25) is 0 Å². The molecule has 1 aliphatic rings. The smallest absolute Gasteiger partial charge is 0.326 e. The van der Waals surface area contributed by atoms with Gasteiger partial charge in [0.05, 0.1) is 6.61 Å². The first-order valence-corrected chi connectivity index (χ1v) is 7.36. The van der Waals surface area contributed by atoms with Gasteiger partial charge in [0.2, 0.25) is 0 Å². The molecular formula is C14H24N2O5. The zero-order valence-corrected chi connectivity index (χ0v) is 12.8. The van der Waals surface area contributed by atoms with Crippen LogP contribution >= 0.6 is 0 Å². The van der Waals surface area contributed by atoms with Gasteiger partial charge in [-0.2, -0.15) is 0 Å². The van der Waals surface area contributed by atoms with Gasteiger partial charge in [-0.15, -0.1) is 0 Å². The van der Waals surface area contributed by atoms with Gasteiger partial charge in [0, 0.05) is 6.04 Å². The molecule has 0 aromatic carbocycles. The van der Waals surface area contributed by atoms with E-state index in [1.54, 1.807) is 13.8 Å². The Bertz CT molecular complexity index is 395. The fourth-order valence-electron chi connectivity index (χ4n) is 2.00. The highest BCUT2D eigenvalue weighted by Gasteiger charge is 2.36. The van der Waals surface area contributed by atoms with Crippen LogP contribution in [0, 0.1) is 5.92 Å². The van der Waals surface area contributed by atoms with E-state index >= 15 is 0 Å². The summed E-state index contributed by atoms with van der Waals surface area (Å²) in [5.41, 5.74) is 0. The zero-order valence-electron chi connectivity index (χ0n) is 12.8. The van der Waals surface area contributed by atoms with Crippen molar-refractivity contribution >= 4 is 18.0 Å². The highest BCUT2D eigenvalue weighted by molar-refractivity contribution is 5.85. The molecule has 0 aromatic rings. The molecule has 1 saturated carbocycles. The summed E-state index contributed by atoms with van der Waals surface area (Å²) in [4.78, 5) is 36.4. The average molecular weight is 300 g/mol. The molecule has 0 aliphatic heterocycles. The highest BCUT2D eigenvalue weighted by atomic mass is 16.5. The van der Waals surface area contributed by atoms with Crippen LogP contribution in [0.5, 0.6) is 0 Å². The van der Waals surface area contributed by atoms with Crippen LogP contribution in [0.3, 0.4) is 0 Å². The number of hydrogen-bond donors (Lipinski definition) is 2. The molecule has 2 atom stereocenters. The maximum Gasteiger partial charge on any atom is 0.326 e. The standard InChI is InChI=1S/C14H24N2O5/c1-4-9(3)12(13(18)19)15-14(20)16(10-6-7-10)8-11(17)21-5-2/h9-10,12H,4-8H2,1-3H3,(H,15,20)(H,18,19). The summed E-state index contributed by atoms with van der Waals surface area (Å²) in [6.45, 7) is 5.44. The second kappa shape index (κ2) is 7.85. The van der Waals surface area contributed by atoms with Crippen molar-refractivity contribution in [3.8, 4) is 0 Å². The molecule has 2 unspecified atom stereocenters. The number of rotatable bonds is 8. The molecule has 21 heavy (non-hydrogen) atoms. The number of carboxylic acid groups (broad SMARTS) is 1. The van der Waals surface area contributed by atoms with Crippen molar-refractivity contribution in [3.05, 3.63) is 0 Å². The van der Waals surface area contributed by atoms with Crippen LogP contribution < -0.4 is 5.32 Å². The van der Waals surface area contributed by atoms with Gasteiger partial charge in [-0.05, 0) is 25.7 Å². The molecule has 0 spiro atoms. The van der Waals surface area contributed by atoms with Crippen molar-refractivity contribution in [2.45, 2.75) is 52.1 Å². The summed E-state index contributed by atoms with van der Waals surface area (Å²) in [7, 11) is 0. The maximum absolute atomic E-state index is 12.2. The Labute approximate surface area is 124 Å². The van der Waals surface area contributed by atoms with Crippen LogP contribution in [-0.2, 0) is 14.3 Å². The van der Waals surface area contributed by atoms with Gasteiger partial charge >= 0.3 is 18.0 Å². The average Bonchev–Trinajstić information content (AvgIpc) is 3.25. The zero-order chi connectivity index (χ0) is 16.0. The molecule has 1 aliphatic carbocycles. The molecule has 0 heterocycles. The number of nitrogens with one attached hydrogen (secondary N) is 1. The molecule has 0 radical (unpaired) electrons. The van der Waals surface area contributed by atoms with Crippen LogP contribution in [0.15, 0.2) is 0 Å². The Kier molecular flexibility index (Phi) is 6.45. The van der Waals surface area contributed by atoms with E-state index in [0.29, 0.717) is 6.42 Å². The minimum absolute atomic E-state index is 0.000726. The molecule has 0 aromatic heterocycles. The maximum atomic E-state index is 12.2. The van der Waals surface area contributed by atoms with Crippen molar-refractivity contribution in [2.24, 2.45) is 5.92 Å². The third-order valence-electron chi connectivity index (χ3n) is 3.61. The van der Waals surface area contributed by atoms with E-state index in [9.17, 15) is 19.5 Å². The van der Waals surface area contributed by atoms with Gasteiger partial charge in [-0.1, -0.05) is 20.3 Å². The lowest BCUT2D eigenvalue weighted by molar-refractivity contribution is -0.143. The molecule has 0 saturated heterocycles. The summed E-state index contributed by atoms with van der Waals surface area (Å²) >= 11 is 0. The minimum Gasteiger partial charge on any atom is -0.480 e. The van der Waals surface area contributed by atoms with E-state index in [-0.39, 0.29) is 25.1 Å². The molecule has 2 amide bonds. The monoisotopic (exact) mass is 300 g/mol. The van der Waals surface area contributed by atoms with Gasteiger partial charge in [0.1, 0.15) is 12.6 Å². The lowest BCUT2D eigenvalue weighted by Gasteiger charge is -2.26. The lowest BCUT2D eigenvalue weighted by atomic mass is 9.99. The van der Waals surface area contributed by atoms with E-state index in [4.69, 9.17) is 4.74 Å². The predicted molar refractivity (Wildman–Crippen MR) is 75.8 cm³/mol. The minimum atomic E-state index is -1.07. The van der Waals surface area contributed by atoms with Crippen LogP contribution in [0.25, 0.3) is 0 Å². The predicted octanol–water partition coefficient (Wildman–Crippen LogP) is 1.22. The second-order valence-electron chi connectivity index (χ2n) is 5.32. The summed E-state index contributed by atoms with van der Waals surface area (Å²) in [6.07, 6.45) is 2.29. The van der Waals surface area contributed by atoms with Crippen LogP contribution in [0.4, 0.5) is 4.79 Å². The Morgan fingerprint density at radius 2 is 1.95 bits per heavy atom. The van der Waals surface area contributed by atoms with Crippen molar-refractivity contribution in [2.75, 3.05) is 13.2 Å². The van der Waals surface area contributed by atoms with Crippen molar-refractivity contribution in [1.82, 2.24) is 10.2 Å². The number of carbonyl (C=O) groups is 3. The van der Waals surface area contributed by atoms with E-state index in [2.05, 4.69) is 5.32 Å². The number of urea groups is 1. The third-order valence-corrected chi connectivity index (χ3v) is 3.61. The number of nitrogens with zero attached hydrogens (tertiary/aromatic N) is 1. The first kappa shape index (κ1) is 17.3. The van der Waals surface area contributed by atoms with Gasteiger partial charge in [0.15, 0.2) is 0 Å². The molecule has 0 bridgehead atoms. The molecule has 2 N–H and O–H groups in total. The van der Waals surface area contributed by atoms with Crippen molar-refractivity contribution in [3.63, 3.8) is 0 Å². The number of esters is 1. The SMILES string of the molecule is CCOC(=O)CN(C(=O)NC(C(=O)O)C(C)CC)C1CC1. The molecule has 1 rings (SSSR count). The summed E-state index contributed by atoms with van der Waals surface area (Å²) < 4.78 is 4.84. The van der Waals surface area contributed by atoms with Gasteiger partial charge in [-0.3, -0.25) is 4.79 Å². The number of amides is 2. The fourth-order valence-corrected chi connectivity index (χ4v) is 2.00. The second-order valence-corrected chi connectivity index (χ2v) is 5.32. The number of aliphatic carboxylic acids is 1. The topological polar surface area (TPSA) is 95.9 Å². The third kappa shape index (κ3) is 5.24. The first-order chi connectivity index (χ1) is 9.90. The molecule has 120 valence electrons. The van der Waals surface area contributed by atoms with Gasteiger partial charge < -0.3 is 20.1 Å². The van der Waals surface area contributed by atoms with E-state index in [1.807, 2.05) is 6.92 Å². The number of hydrogen-bond acceptors (Lipinski definition) is 4. The number of ether oxygens (including phenoxy) is 1. The number of carbonyl (C=O) groups excluding carboxylic acids is 2.